The van der Waals surface area contributed by atoms with Crippen molar-refractivity contribution in [3.8, 4) is 5.75 Å². The number of nitrogens with one attached hydrogen (secondary N) is 1. The predicted molar refractivity (Wildman–Crippen MR) is 106 cm³/mol. The summed E-state index contributed by atoms with van der Waals surface area (Å²) in [4.78, 5) is 12.4. The molecule has 1 unspecified atom stereocenters. The molecule has 8 heteroatoms. The highest BCUT2D eigenvalue weighted by Crippen LogP contribution is 2.28. The van der Waals surface area contributed by atoms with Crippen molar-refractivity contribution < 1.29 is 13.9 Å². The molecule has 1 N–H and O–H groups in total. The van der Waals surface area contributed by atoms with Gasteiger partial charge >= 0.3 is 0 Å². The lowest BCUT2D eigenvalue weighted by molar-refractivity contribution is -0.122. The van der Waals surface area contributed by atoms with Gasteiger partial charge in [-0.15, -0.1) is 10.2 Å². The molecule has 0 saturated heterocycles. The standard InChI is InChI=1S/C19H18FN3O2S2/c1-2-16(25-15-10-8-14(20)9-11-15)17(24)21-18-22-23-19(27-18)26-12-13-6-4-3-5-7-13/h3-11,16H,2,12H2,1H3,(H,21,22,24). The van der Waals surface area contributed by atoms with E-state index in [2.05, 4.69) is 27.6 Å². The third-order valence-corrected chi connectivity index (χ3v) is 5.64. The highest BCUT2D eigenvalue weighted by atomic mass is 32.2. The monoisotopic (exact) mass is 403 g/mol. The number of rotatable bonds is 8. The van der Waals surface area contributed by atoms with E-state index in [4.69, 9.17) is 4.74 Å². The van der Waals surface area contributed by atoms with Crippen molar-refractivity contribution in [3.63, 3.8) is 0 Å². The lowest BCUT2D eigenvalue weighted by Crippen LogP contribution is -2.32. The fourth-order valence-corrected chi connectivity index (χ4v) is 3.93. The van der Waals surface area contributed by atoms with Crippen LogP contribution in [0.2, 0.25) is 0 Å². The number of hydrogen-bond donors (Lipinski definition) is 1. The minimum atomic E-state index is -0.695. The largest absolute Gasteiger partial charge is 0.481 e. The van der Waals surface area contributed by atoms with Crippen LogP contribution in [0.4, 0.5) is 9.52 Å². The Labute approximate surface area is 165 Å². The molecular formula is C19H18FN3O2S2. The van der Waals surface area contributed by atoms with Crippen LogP contribution in [0.15, 0.2) is 58.9 Å². The fraction of sp³-hybridized carbons (Fsp3) is 0.211. The van der Waals surface area contributed by atoms with Gasteiger partial charge in [-0.1, -0.05) is 60.4 Å². The predicted octanol–water partition coefficient (Wildman–Crippen LogP) is 4.77. The first-order chi connectivity index (χ1) is 13.1. The lowest BCUT2D eigenvalue weighted by atomic mass is 10.2. The smallest absolute Gasteiger partial charge is 0.267 e. The zero-order chi connectivity index (χ0) is 19.1. The number of anilines is 1. The zero-order valence-corrected chi connectivity index (χ0v) is 16.2. The number of nitrogens with zero attached hydrogens (tertiary/aromatic N) is 2. The van der Waals surface area contributed by atoms with Crippen LogP contribution in [-0.2, 0) is 10.5 Å². The first-order valence-corrected chi connectivity index (χ1v) is 10.2. The van der Waals surface area contributed by atoms with Gasteiger partial charge in [0.2, 0.25) is 5.13 Å². The Hall–Kier alpha value is -2.45. The fourth-order valence-electron chi connectivity index (χ4n) is 2.22. The quantitative estimate of drug-likeness (QED) is 0.434. The second-order valence-electron chi connectivity index (χ2n) is 5.61. The van der Waals surface area contributed by atoms with E-state index in [-0.39, 0.29) is 11.7 Å². The van der Waals surface area contributed by atoms with E-state index in [1.54, 1.807) is 11.8 Å². The van der Waals surface area contributed by atoms with Crippen LogP contribution >= 0.6 is 23.1 Å². The Balaban J connectivity index is 1.54. The summed E-state index contributed by atoms with van der Waals surface area (Å²) in [5.74, 6) is 0.566. The molecule has 1 amide bonds. The van der Waals surface area contributed by atoms with E-state index in [9.17, 15) is 9.18 Å². The van der Waals surface area contributed by atoms with Gasteiger partial charge in [-0.05, 0) is 36.2 Å². The molecular weight excluding hydrogens is 385 g/mol. The number of ether oxygens (including phenoxy) is 1. The van der Waals surface area contributed by atoms with Gasteiger partial charge in [-0.3, -0.25) is 10.1 Å². The molecule has 0 aliphatic rings. The molecule has 0 aliphatic heterocycles. The molecule has 27 heavy (non-hydrogen) atoms. The summed E-state index contributed by atoms with van der Waals surface area (Å²) in [7, 11) is 0. The highest BCUT2D eigenvalue weighted by Gasteiger charge is 2.20. The van der Waals surface area contributed by atoms with Crippen molar-refractivity contribution in [2.24, 2.45) is 0 Å². The molecule has 1 heterocycles. The normalized spacial score (nSPS) is 11.8. The summed E-state index contributed by atoms with van der Waals surface area (Å²) >= 11 is 2.89. The van der Waals surface area contributed by atoms with Gasteiger partial charge in [0.1, 0.15) is 11.6 Å². The summed E-state index contributed by atoms with van der Waals surface area (Å²) in [5, 5.41) is 11.3. The molecule has 0 spiro atoms. The number of thioether (sulfide) groups is 1. The number of benzene rings is 2. The molecule has 0 fully saturated rings. The van der Waals surface area contributed by atoms with Crippen molar-refractivity contribution in [1.29, 1.82) is 0 Å². The van der Waals surface area contributed by atoms with E-state index in [0.29, 0.717) is 17.3 Å². The van der Waals surface area contributed by atoms with Crippen LogP contribution in [0.1, 0.15) is 18.9 Å². The maximum atomic E-state index is 13.0. The number of hydrogen-bond acceptors (Lipinski definition) is 6. The number of carbonyl (C=O) groups is 1. The van der Waals surface area contributed by atoms with Gasteiger partial charge in [-0.25, -0.2) is 4.39 Å². The molecule has 140 valence electrons. The van der Waals surface area contributed by atoms with Crippen LogP contribution in [-0.4, -0.2) is 22.2 Å². The van der Waals surface area contributed by atoms with Crippen LogP contribution in [0.3, 0.4) is 0 Å². The summed E-state index contributed by atoms with van der Waals surface area (Å²) in [5.41, 5.74) is 1.20. The maximum Gasteiger partial charge on any atom is 0.267 e. The number of carbonyl (C=O) groups excluding carboxylic acids is 1. The third kappa shape index (κ3) is 5.77. The Kier molecular flexibility index (Phi) is 6.78. The number of halogens is 1. The zero-order valence-electron chi connectivity index (χ0n) is 14.6. The molecule has 5 nitrogen and oxygen atoms in total. The van der Waals surface area contributed by atoms with E-state index < -0.39 is 6.10 Å². The molecule has 0 bridgehead atoms. The van der Waals surface area contributed by atoms with Crippen molar-refractivity contribution in [3.05, 3.63) is 66.0 Å². The van der Waals surface area contributed by atoms with Gasteiger partial charge in [0, 0.05) is 5.75 Å². The van der Waals surface area contributed by atoms with Gasteiger partial charge in [-0.2, -0.15) is 0 Å². The molecule has 1 aromatic heterocycles. The number of amides is 1. The van der Waals surface area contributed by atoms with E-state index in [1.165, 1.54) is 41.2 Å². The molecule has 0 radical (unpaired) electrons. The second-order valence-corrected chi connectivity index (χ2v) is 7.81. The molecule has 0 aliphatic carbocycles. The lowest BCUT2D eigenvalue weighted by Gasteiger charge is -2.16. The number of aromatic nitrogens is 2. The Morgan fingerprint density at radius 2 is 1.93 bits per heavy atom. The minimum absolute atomic E-state index is 0.308. The first kappa shape index (κ1) is 19.3. The van der Waals surface area contributed by atoms with Gasteiger partial charge in [0.25, 0.3) is 5.91 Å². The van der Waals surface area contributed by atoms with Crippen molar-refractivity contribution in [1.82, 2.24) is 10.2 Å². The average Bonchev–Trinajstić information content (AvgIpc) is 3.14. The molecule has 2 aromatic carbocycles. The van der Waals surface area contributed by atoms with Crippen LogP contribution in [0.5, 0.6) is 5.75 Å². The first-order valence-electron chi connectivity index (χ1n) is 8.37. The van der Waals surface area contributed by atoms with Gasteiger partial charge in [0.05, 0.1) is 0 Å². The summed E-state index contributed by atoms with van der Waals surface area (Å²) in [6.07, 6.45) is -0.225. The van der Waals surface area contributed by atoms with Crippen molar-refractivity contribution >= 4 is 34.1 Å². The summed E-state index contributed by atoms with van der Waals surface area (Å²) in [6.45, 7) is 1.84. The Bertz CT molecular complexity index is 872. The second kappa shape index (κ2) is 9.48. The van der Waals surface area contributed by atoms with Crippen LogP contribution in [0, 0.1) is 5.82 Å². The topological polar surface area (TPSA) is 64.1 Å². The van der Waals surface area contributed by atoms with Crippen LogP contribution in [0.25, 0.3) is 0 Å². The van der Waals surface area contributed by atoms with Gasteiger partial charge in [0.15, 0.2) is 10.4 Å². The third-order valence-electron chi connectivity index (χ3n) is 3.60. The van der Waals surface area contributed by atoms with E-state index in [1.807, 2.05) is 25.1 Å². The summed E-state index contributed by atoms with van der Waals surface area (Å²) in [6, 6.07) is 15.6. The average molecular weight is 404 g/mol. The SMILES string of the molecule is CCC(Oc1ccc(F)cc1)C(=O)Nc1nnc(SCc2ccccc2)s1. The Morgan fingerprint density at radius 3 is 2.63 bits per heavy atom. The Morgan fingerprint density at radius 1 is 1.19 bits per heavy atom. The molecule has 3 aromatic rings. The van der Waals surface area contributed by atoms with Gasteiger partial charge < -0.3 is 4.74 Å². The van der Waals surface area contributed by atoms with Crippen LogP contribution < -0.4 is 10.1 Å². The highest BCUT2D eigenvalue weighted by molar-refractivity contribution is 8.00. The van der Waals surface area contributed by atoms with Crippen molar-refractivity contribution in [2.75, 3.05) is 5.32 Å². The molecule has 3 rings (SSSR count). The molecule has 1 atom stereocenters. The summed E-state index contributed by atoms with van der Waals surface area (Å²) < 4.78 is 19.4. The molecule has 0 saturated carbocycles. The van der Waals surface area contributed by atoms with E-state index >= 15 is 0 Å². The minimum Gasteiger partial charge on any atom is -0.481 e. The van der Waals surface area contributed by atoms with Crippen molar-refractivity contribution in [2.45, 2.75) is 29.5 Å². The maximum absolute atomic E-state index is 13.0. The van der Waals surface area contributed by atoms with E-state index in [0.717, 1.165) is 10.1 Å².